The molecule has 0 aliphatic carbocycles. The lowest BCUT2D eigenvalue weighted by atomic mass is 10.1. The van der Waals surface area contributed by atoms with Crippen molar-refractivity contribution in [1.82, 2.24) is 20.4 Å². The van der Waals surface area contributed by atoms with Crippen LogP contribution in [0, 0.1) is 0 Å². The van der Waals surface area contributed by atoms with Crippen molar-refractivity contribution >= 4 is 41.7 Å². The molecule has 1 unspecified atom stereocenters. The average Bonchev–Trinajstić information content (AvgIpc) is 3.30. The normalized spacial score (nSPS) is 19.8. The van der Waals surface area contributed by atoms with Crippen LogP contribution < -0.4 is 10.6 Å². The van der Waals surface area contributed by atoms with Crippen LogP contribution in [-0.4, -0.2) is 39.3 Å². The van der Waals surface area contributed by atoms with E-state index in [1.54, 1.807) is 6.20 Å². The van der Waals surface area contributed by atoms with Crippen molar-refractivity contribution in [1.29, 1.82) is 0 Å². The van der Waals surface area contributed by atoms with E-state index in [0.717, 1.165) is 30.3 Å². The Labute approximate surface area is 177 Å². The maximum Gasteiger partial charge on any atom is 0.191 e. The average molecular weight is 485 g/mol. The van der Waals surface area contributed by atoms with E-state index in [1.165, 1.54) is 18.6 Å². The third-order valence-electron chi connectivity index (χ3n) is 4.42. The Morgan fingerprint density at radius 2 is 2.15 bits per heavy atom. The third kappa shape index (κ3) is 5.64. The Bertz CT molecular complexity index is 696. The summed E-state index contributed by atoms with van der Waals surface area (Å²) >= 11 is 2.06. The Morgan fingerprint density at radius 3 is 2.85 bits per heavy atom. The van der Waals surface area contributed by atoms with E-state index in [4.69, 9.17) is 4.99 Å². The van der Waals surface area contributed by atoms with E-state index >= 15 is 0 Å². The maximum atomic E-state index is 4.79. The molecule has 1 atom stereocenters. The van der Waals surface area contributed by atoms with Gasteiger partial charge in [0.15, 0.2) is 5.96 Å². The molecule has 0 radical (unpaired) electrons. The van der Waals surface area contributed by atoms with Crippen molar-refractivity contribution in [2.75, 3.05) is 18.8 Å². The Hall–Kier alpha value is -1.22. The quantitative estimate of drug-likeness (QED) is 0.371. The SMILES string of the molecule is CCNC(=NCc1ccccc1-n1cccn1)NCC1(C)CCCS1.I. The van der Waals surface area contributed by atoms with E-state index in [1.807, 2.05) is 23.0 Å². The van der Waals surface area contributed by atoms with Gasteiger partial charge in [0.05, 0.1) is 12.2 Å². The van der Waals surface area contributed by atoms with Gasteiger partial charge in [-0.2, -0.15) is 16.9 Å². The molecule has 0 spiro atoms. The van der Waals surface area contributed by atoms with Crippen LogP contribution >= 0.6 is 35.7 Å². The molecule has 1 fully saturated rings. The molecule has 2 heterocycles. The summed E-state index contributed by atoms with van der Waals surface area (Å²) in [5.74, 6) is 2.15. The molecule has 1 aliphatic heterocycles. The van der Waals surface area contributed by atoms with Crippen molar-refractivity contribution < 1.29 is 0 Å². The molecule has 1 aromatic carbocycles. The van der Waals surface area contributed by atoms with Gasteiger partial charge in [0.1, 0.15) is 0 Å². The van der Waals surface area contributed by atoms with Gasteiger partial charge in [0, 0.05) is 30.2 Å². The zero-order valence-corrected chi connectivity index (χ0v) is 18.6. The van der Waals surface area contributed by atoms with Crippen LogP contribution in [0.3, 0.4) is 0 Å². The van der Waals surface area contributed by atoms with Crippen molar-refractivity contribution in [3.05, 3.63) is 48.3 Å². The number of hydrogen-bond acceptors (Lipinski definition) is 3. The minimum absolute atomic E-state index is 0. The number of aromatic nitrogens is 2. The van der Waals surface area contributed by atoms with Gasteiger partial charge in [-0.3, -0.25) is 0 Å². The fraction of sp³-hybridized carbons (Fsp3) is 0.474. The second-order valence-electron chi connectivity index (χ2n) is 6.53. The summed E-state index contributed by atoms with van der Waals surface area (Å²) in [6.07, 6.45) is 6.34. The molecule has 1 aromatic heterocycles. The zero-order valence-electron chi connectivity index (χ0n) is 15.4. The molecule has 0 bridgehead atoms. The van der Waals surface area contributed by atoms with Crippen molar-refractivity contribution in [3.63, 3.8) is 0 Å². The molecule has 7 heteroatoms. The molecule has 2 N–H and O–H groups in total. The van der Waals surface area contributed by atoms with Crippen LogP contribution in [0.4, 0.5) is 0 Å². The lowest BCUT2D eigenvalue weighted by molar-refractivity contribution is 0.584. The first-order valence-corrected chi connectivity index (χ1v) is 9.93. The van der Waals surface area contributed by atoms with Crippen LogP contribution in [0.2, 0.25) is 0 Å². The molecular formula is C19H28IN5S. The maximum absolute atomic E-state index is 4.79. The van der Waals surface area contributed by atoms with Gasteiger partial charge in [-0.25, -0.2) is 9.67 Å². The lowest BCUT2D eigenvalue weighted by Gasteiger charge is -2.24. The number of aliphatic imine (C=N–C) groups is 1. The summed E-state index contributed by atoms with van der Waals surface area (Å²) in [5, 5.41) is 11.2. The number of thioether (sulfide) groups is 1. The number of para-hydroxylation sites is 1. The second kappa shape index (κ2) is 10.2. The smallest absolute Gasteiger partial charge is 0.191 e. The molecule has 5 nitrogen and oxygen atoms in total. The monoisotopic (exact) mass is 485 g/mol. The van der Waals surface area contributed by atoms with Crippen LogP contribution in [0.1, 0.15) is 32.3 Å². The minimum Gasteiger partial charge on any atom is -0.357 e. The predicted molar refractivity (Wildman–Crippen MR) is 122 cm³/mol. The summed E-state index contributed by atoms with van der Waals surface area (Å²) in [4.78, 5) is 4.79. The highest BCUT2D eigenvalue weighted by Crippen LogP contribution is 2.36. The Balaban J connectivity index is 0.00000243. The van der Waals surface area contributed by atoms with Gasteiger partial charge in [-0.05, 0) is 50.1 Å². The number of nitrogens with one attached hydrogen (secondary N) is 2. The summed E-state index contributed by atoms with van der Waals surface area (Å²) in [7, 11) is 0. The van der Waals surface area contributed by atoms with Gasteiger partial charge in [0.25, 0.3) is 0 Å². The first-order chi connectivity index (χ1) is 12.2. The van der Waals surface area contributed by atoms with E-state index in [9.17, 15) is 0 Å². The van der Waals surface area contributed by atoms with E-state index in [2.05, 4.69) is 59.5 Å². The zero-order chi connectivity index (χ0) is 17.5. The van der Waals surface area contributed by atoms with E-state index in [-0.39, 0.29) is 24.0 Å². The van der Waals surface area contributed by atoms with Crippen molar-refractivity contribution in [2.24, 2.45) is 4.99 Å². The molecule has 1 saturated heterocycles. The molecule has 26 heavy (non-hydrogen) atoms. The fourth-order valence-electron chi connectivity index (χ4n) is 3.03. The number of hydrogen-bond donors (Lipinski definition) is 2. The lowest BCUT2D eigenvalue weighted by Crippen LogP contribution is -2.43. The minimum atomic E-state index is 0. The van der Waals surface area contributed by atoms with Gasteiger partial charge in [0.2, 0.25) is 0 Å². The van der Waals surface area contributed by atoms with Crippen LogP contribution in [0.15, 0.2) is 47.7 Å². The molecular weight excluding hydrogens is 457 g/mol. The summed E-state index contributed by atoms with van der Waals surface area (Å²) < 4.78 is 2.21. The largest absolute Gasteiger partial charge is 0.357 e. The van der Waals surface area contributed by atoms with Crippen molar-refractivity contribution in [3.8, 4) is 5.69 Å². The number of benzene rings is 1. The predicted octanol–water partition coefficient (Wildman–Crippen LogP) is 3.83. The van der Waals surface area contributed by atoms with Crippen molar-refractivity contribution in [2.45, 2.75) is 38.0 Å². The summed E-state index contributed by atoms with van der Waals surface area (Å²) in [6, 6.07) is 10.2. The van der Waals surface area contributed by atoms with Gasteiger partial charge in [-0.15, -0.1) is 24.0 Å². The van der Waals surface area contributed by atoms with Gasteiger partial charge < -0.3 is 10.6 Å². The van der Waals surface area contributed by atoms with Gasteiger partial charge >= 0.3 is 0 Å². The van der Waals surface area contributed by atoms with E-state index in [0.29, 0.717) is 11.3 Å². The second-order valence-corrected chi connectivity index (χ2v) is 8.21. The Morgan fingerprint density at radius 1 is 1.31 bits per heavy atom. The van der Waals surface area contributed by atoms with Crippen LogP contribution in [0.25, 0.3) is 5.69 Å². The van der Waals surface area contributed by atoms with Crippen LogP contribution in [-0.2, 0) is 6.54 Å². The molecule has 142 valence electrons. The first kappa shape index (κ1) is 21.1. The number of halogens is 1. The first-order valence-electron chi connectivity index (χ1n) is 8.94. The number of rotatable bonds is 6. The third-order valence-corrected chi connectivity index (χ3v) is 5.96. The Kier molecular flexibility index (Phi) is 8.27. The topological polar surface area (TPSA) is 54.2 Å². The number of nitrogens with zero attached hydrogens (tertiary/aromatic N) is 3. The molecule has 2 aromatic rings. The van der Waals surface area contributed by atoms with Crippen LogP contribution in [0.5, 0.6) is 0 Å². The highest BCUT2D eigenvalue weighted by molar-refractivity contribution is 14.0. The fourth-order valence-corrected chi connectivity index (χ4v) is 4.28. The molecule has 1 aliphatic rings. The van der Waals surface area contributed by atoms with E-state index < -0.39 is 0 Å². The standard InChI is InChI=1S/C19H27N5S.HI/c1-3-20-18(22-15-19(2)10-6-13-25-19)21-14-16-8-4-5-9-17(16)24-12-7-11-23-24;/h4-5,7-9,11-12H,3,6,10,13-15H2,1-2H3,(H2,20,21,22);1H. The summed E-state index contributed by atoms with van der Waals surface area (Å²) in [5.41, 5.74) is 2.23. The van der Waals surface area contributed by atoms with Gasteiger partial charge in [-0.1, -0.05) is 18.2 Å². The summed E-state index contributed by atoms with van der Waals surface area (Å²) in [6.45, 7) is 6.87. The molecule has 0 amide bonds. The molecule has 3 rings (SSSR count). The highest BCUT2D eigenvalue weighted by Gasteiger charge is 2.29. The number of guanidine groups is 1. The molecule has 0 saturated carbocycles. The highest BCUT2D eigenvalue weighted by atomic mass is 127.